The van der Waals surface area contributed by atoms with Crippen LogP contribution < -0.4 is 0 Å². The van der Waals surface area contributed by atoms with Crippen molar-refractivity contribution in [2.45, 2.75) is 42.4 Å². The molecule has 0 amide bonds. The van der Waals surface area contributed by atoms with Gasteiger partial charge in [-0.25, -0.2) is 0 Å². The third kappa shape index (κ3) is 2.44. The molecular formula is C11H16S2. The van der Waals surface area contributed by atoms with E-state index in [4.69, 9.17) is 0 Å². The van der Waals surface area contributed by atoms with Crippen LogP contribution in [0.15, 0.2) is 28.0 Å². The van der Waals surface area contributed by atoms with Crippen molar-refractivity contribution < 1.29 is 0 Å². The predicted octanol–water partition coefficient (Wildman–Crippen LogP) is 3.95. The summed E-state index contributed by atoms with van der Waals surface area (Å²) in [6, 6.07) is 6.25. The molecule has 0 aliphatic carbocycles. The zero-order chi connectivity index (χ0) is 10.1. The molecule has 0 saturated carbocycles. The second kappa shape index (κ2) is 3.97. The van der Waals surface area contributed by atoms with Crippen LogP contribution in [-0.2, 0) is 5.41 Å². The molecule has 0 unspecified atom stereocenters. The minimum absolute atomic E-state index is 0.235. The Morgan fingerprint density at radius 2 is 1.77 bits per heavy atom. The molecule has 0 aromatic heterocycles. The second-order valence-corrected chi connectivity index (χ2v) is 4.90. The van der Waals surface area contributed by atoms with Gasteiger partial charge in [0.25, 0.3) is 0 Å². The van der Waals surface area contributed by atoms with Gasteiger partial charge in [0.2, 0.25) is 0 Å². The van der Waals surface area contributed by atoms with Crippen LogP contribution in [0.4, 0.5) is 0 Å². The first kappa shape index (κ1) is 11.0. The van der Waals surface area contributed by atoms with E-state index in [1.165, 1.54) is 5.56 Å². The van der Waals surface area contributed by atoms with E-state index in [0.29, 0.717) is 0 Å². The fourth-order valence-corrected chi connectivity index (χ4v) is 1.50. The van der Waals surface area contributed by atoms with E-state index in [2.05, 4.69) is 58.2 Å². The molecule has 1 aromatic rings. The first-order valence-corrected chi connectivity index (χ1v) is 5.39. The van der Waals surface area contributed by atoms with Gasteiger partial charge >= 0.3 is 0 Å². The fourth-order valence-electron chi connectivity index (χ4n) is 1.15. The summed E-state index contributed by atoms with van der Waals surface area (Å²) >= 11 is 8.66. The van der Waals surface area contributed by atoms with Crippen molar-refractivity contribution in [2.24, 2.45) is 0 Å². The third-order valence-corrected chi connectivity index (χ3v) is 3.58. The smallest absolute Gasteiger partial charge is 0.0177 e. The number of hydrogen-bond donors (Lipinski definition) is 2. The zero-order valence-electron chi connectivity index (χ0n) is 8.33. The number of hydrogen-bond acceptors (Lipinski definition) is 2. The Labute approximate surface area is 91.6 Å². The van der Waals surface area contributed by atoms with Gasteiger partial charge in [0.1, 0.15) is 0 Å². The Morgan fingerprint density at radius 3 is 2.23 bits per heavy atom. The SMILES string of the molecule is CCC(C)(C)c1ccc(S)c(S)c1. The van der Waals surface area contributed by atoms with Crippen molar-refractivity contribution in [1.29, 1.82) is 0 Å². The molecule has 1 aromatic carbocycles. The highest BCUT2D eigenvalue weighted by Gasteiger charge is 2.18. The van der Waals surface area contributed by atoms with E-state index < -0.39 is 0 Å². The Bertz CT molecular complexity index is 303. The molecule has 0 aliphatic heterocycles. The van der Waals surface area contributed by atoms with Gasteiger partial charge in [0.15, 0.2) is 0 Å². The topological polar surface area (TPSA) is 0 Å². The molecule has 0 heterocycles. The summed E-state index contributed by atoms with van der Waals surface area (Å²) in [6.45, 7) is 6.69. The van der Waals surface area contributed by atoms with E-state index in [-0.39, 0.29) is 5.41 Å². The highest BCUT2D eigenvalue weighted by molar-refractivity contribution is 7.83. The lowest BCUT2D eigenvalue weighted by Crippen LogP contribution is -2.15. The van der Waals surface area contributed by atoms with Gasteiger partial charge in [-0.1, -0.05) is 26.8 Å². The molecule has 0 atom stereocenters. The summed E-state index contributed by atoms with van der Waals surface area (Å²) in [6.07, 6.45) is 1.13. The van der Waals surface area contributed by atoms with Crippen LogP contribution in [0.1, 0.15) is 32.8 Å². The lowest BCUT2D eigenvalue weighted by molar-refractivity contribution is 0.504. The largest absolute Gasteiger partial charge is 0.142 e. The molecule has 0 spiro atoms. The Kier molecular flexibility index (Phi) is 3.36. The first-order chi connectivity index (χ1) is 5.97. The van der Waals surface area contributed by atoms with Crippen LogP contribution >= 0.6 is 25.3 Å². The van der Waals surface area contributed by atoms with Gasteiger partial charge in [0, 0.05) is 9.79 Å². The molecule has 0 fully saturated rings. The van der Waals surface area contributed by atoms with Crippen molar-refractivity contribution in [2.75, 3.05) is 0 Å². The number of thiol groups is 2. The summed E-state index contributed by atoms with van der Waals surface area (Å²) in [5.41, 5.74) is 1.57. The molecule has 0 radical (unpaired) electrons. The standard InChI is InChI=1S/C11H16S2/c1-4-11(2,3)8-5-6-9(12)10(13)7-8/h5-7,12-13H,4H2,1-3H3. The second-order valence-electron chi connectivity index (χ2n) is 3.94. The molecule has 0 aliphatic rings. The minimum atomic E-state index is 0.235. The van der Waals surface area contributed by atoms with E-state index in [1.807, 2.05) is 6.07 Å². The summed E-state index contributed by atoms with van der Waals surface area (Å²) < 4.78 is 0. The van der Waals surface area contributed by atoms with Crippen LogP contribution in [0.5, 0.6) is 0 Å². The molecule has 13 heavy (non-hydrogen) atoms. The van der Waals surface area contributed by atoms with Crippen LogP contribution in [-0.4, -0.2) is 0 Å². The maximum Gasteiger partial charge on any atom is 0.0177 e. The van der Waals surface area contributed by atoms with E-state index in [9.17, 15) is 0 Å². The van der Waals surface area contributed by atoms with Gasteiger partial charge < -0.3 is 0 Å². The summed E-state index contributed by atoms with van der Waals surface area (Å²) in [5, 5.41) is 0. The van der Waals surface area contributed by atoms with Crippen LogP contribution in [0, 0.1) is 0 Å². The van der Waals surface area contributed by atoms with Crippen molar-refractivity contribution >= 4 is 25.3 Å². The highest BCUT2D eigenvalue weighted by Crippen LogP contribution is 2.30. The van der Waals surface area contributed by atoms with Gasteiger partial charge in [-0.05, 0) is 29.5 Å². The lowest BCUT2D eigenvalue weighted by atomic mass is 9.82. The normalized spacial score (nSPS) is 11.8. The molecule has 0 bridgehead atoms. The Morgan fingerprint density at radius 1 is 1.15 bits per heavy atom. The maximum atomic E-state index is 4.36. The minimum Gasteiger partial charge on any atom is -0.142 e. The average Bonchev–Trinajstić information content (AvgIpc) is 2.09. The summed E-state index contributed by atoms with van der Waals surface area (Å²) in [4.78, 5) is 1.90. The molecule has 2 heteroatoms. The van der Waals surface area contributed by atoms with Gasteiger partial charge in [-0.15, -0.1) is 25.3 Å². The van der Waals surface area contributed by atoms with Gasteiger partial charge in [-0.2, -0.15) is 0 Å². The molecular weight excluding hydrogens is 196 g/mol. The molecule has 0 N–H and O–H groups in total. The van der Waals surface area contributed by atoms with Crippen molar-refractivity contribution in [3.63, 3.8) is 0 Å². The van der Waals surface area contributed by atoms with E-state index in [1.54, 1.807) is 0 Å². The predicted molar refractivity (Wildman–Crippen MR) is 64.3 cm³/mol. The van der Waals surface area contributed by atoms with Gasteiger partial charge in [-0.3, -0.25) is 0 Å². The van der Waals surface area contributed by atoms with Crippen molar-refractivity contribution in [1.82, 2.24) is 0 Å². The quantitative estimate of drug-likeness (QED) is 0.681. The number of benzene rings is 1. The van der Waals surface area contributed by atoms with Crippen LogP contribution in [0.2, 0.25) is 0 Å². The fraction of sp³-hybridized carbons (Fsp3) is 0.455. The molecule has 0 nitrogen and oxygen atoms in total. The third-order valence-electron chi connectivity index (χ3n) is 2.64. The van der Waals surface area contributed by atoms with Crippen LogP contribution in [0.3, 0.4) is 0 Å². The van der Waals surface area contributed by atoms with Crippen LogP contribution in [0.25, 0.3) is 0 Å². The van der Waals surface area contributed by atoms with Gasteiger partial charge in [0.05, 0.1) is 0 Å². The molecule has 72 valence electrons. The molecule has 0 saturated heterocycles. The highest BCUT2D eigenvalue weighted by atomic mass is 32.1. The maximum absolute atomic E-state index is 4.36. The van der Waals surface area contributed by atoms with E-state index in [0.717, 1.165) is 16.2 Å². The Balaban J connectivity index is 3.10. The van der Waals surface area contributed by atoms with Crippen molar-refractivity contribution in [3.8, 4) is 0 Å². The monoisotopic (exact) mass is 212 g/mol. The summed E-state index contributed by atoms with van der Waals surface area (Å²) in [7, 11) is 0. The zero-order valence-corrected chi connectivity index (χ0v) is 10.1. The average molecular weight is 212 g/mol. The van der Waals surface area contributed by atoms with E-state index >= 15 is 0 Å². The lowest BCUT2D eigenvalue weighted by Gasteiger charge is -2.23. The number of rotatable bonds is 2. The molecule has 1 rings (SSSR count). The Hall–Kier alpha value is -0.0800. The first-order valence-electron chi connectivity index (χ1n) is 4.50. The summed E-state index contributed by atoms with van der Waals surface area (Å²) in [5.74, 6) is 0. The van der Waals surface area contributed by atoms with Crippen molar-refractivity contribution in [3.05, 3.63) is 23.8 Å².